The molecule has 0 saturated carbocycles. The molecule has 196 valence electrons. The molecule has 0 aliphatic heterocycles. The fourth-order valence-corrected chi connectivity index (χ4v) is 4.57. The lowest BCUT2D eigenvalue weighted by atomic mass is 10.2. The predicted molar refractivity (Wildman–Crippen MR) is 152 cm³/mol. The molecule has 1 amide bonds. The van der Waals surface area contributed by atoms with E-state index in [2.05, 4.69) is 47.3 Å². The van der Waals surface area contributed by atoms with Gasteiger partial charge in [0.25, 0.3) is 11.5 Å². The first-order valence-corrected chi connectivity index (χ1v) is 13.3. The van der Waals surface area contributed by atoms with Crippen LogP contribution in [0.2, 0.25) is 0 Å². The number of amides is 1. The Morgan fingerprint density at radius 1 is 1.13 bits per heavy atom. The number of fused-ring (bicyclic) bond motifs is 1. The summed E-state index contributed by atoms with van der Waals surface area (Å²) in [5.41, 5.74) is 1.27. The summed E-state index contributed by atoms with van der Waals surface area (Å²) in [6, 6.07) is 14.4. The molecule has 0 spiro atoms. The number of carbonyl (C=O) groups excluding carboxylic acids is 1. The lowest BCUT2D eigenvalue weighted by molar-refractivity contribution is -0.118. The molecule has 1 N–H and O–H groups in total. The molecule has 0 aliphatic rings. The highest BCUT2D eigenvalue weighted by atomic mass is 79.9. The molecule has 0 unspecified atom stereocenters. The van der Waals surface area contributed by atoms with Crippen molar-refractivity contribution < 1.29 is 18.7 Å². The Hall–Kier alpha value is -3.57. The van der Waals surface area contributed by atoms with E-state index in [1.54, 1.807) is 30.3 Å². The minimum Gasteiger partial charge on any atom is -0.490 e. The molecule has 0 saturated heterocycles. The largest absolute Gasteiger partial charge is 0.490 e. The van der Waals surface area contributed by atoms with E-state index in [1.165, 1.54) is 29.1 Å². The molecule has 11 heteroatoms. The first-order chi connectivity index (χ1) is 18.3. The second kappa shape index (κ2) is 12.3. The maximum Gasteiger partial charge on any atom is 0.282 e. The number of carbonyl (C=O) groups is 1. The molecule has 0 fully saturated rings. The number of hydrogen-bond acceptors (Lipinski definition) is 6. The second-order valence-electron chi connectivity index (χ2n) is 8.01. The molecular weight excluding hydrogens is 623 g/mol. The van der Waals surface area contributed by atoms with Gasteiger partial charge < -0.3 is 14.8 Å². The van der Waals surface area contributed by atoms with Crippen LogP contribution in [0.4, 0.5) is 10.1 Å². The zero-order valence-electron chi connectivity index (χ0n) is 20.5. The van der Waals surface area contributed by atoms with Crippen molar-refractivity contribution >= 4 is 60.6 Å². The van der Waals surface area contributed by atoms with Crippen molar-refractivity contribution in [2.45, 2.75) is 20.3 Å². The Balaban J connectivity index is 1.59. The zero-order chi connectivity index (χ0) is 27.2. The topological polar surface area (TPSA) is 94.8 Å². The van der Waals surface area contributed by atoms with E-state index in [1.807, 2.05) is 19.9 Å². The lowest BCUT2D eigenvalue weighted by Gasteiger charge is -2.15. The van der Waals surface area contributed by atoms with E-state index in [-0.39, 0.29) is 12.2 Å². The minimum absolute atomic E-state index is 0.280. The van der Waals surface area contributed by atoms with Crippen molar-refractivity contribution in [2.75, 3.05) is 18.5 Å². The molecule has 0 atom stereocenters. The number of benzene rings is 3. The zero-order valence-corrected chi connectivity index (χ0v) is 23.7. The van der Waals surface area contributed by atoms with Gasteiger partial charge in [-0.05, 0) is 76.9 Å². The maximum atomic E-state index is 13.4. The Morgan fingerprint density at radius 2 is 1.95 bits per heavy atom. The quantitative estimate of drug-likeness (QED) is 0.228. The fraction of sp³-hybridized carbons (Fsp3) is 0.185. The van der Waals surface area contributed by atoms with E-state index in [0.717, 1.165) is 4.47 Å². The van der Waals surface area contributed by atoms with Crippen LogP contribution in [0, 0.1) is 5.82 Å². The molecule has 3 aromatic carbocycles. The molecule has 4 rings (SSSR count). The molecule has 0 aliphatic carbocycles. The van der Waals surface area contributed by atoms with E-state index < -0.39 is 11.7 Å². The third-order valence-corrected chi connectivity index (χ3v) is 6.38. The van der Waals surface area contributed by atoms with Crippen molar-refractivity contribution in [1.29, 1.82) is 0 Å². The van der Waals surface area contributed by atoms with Crippen LogP contribution in [0.3, 0.4) is 0 Å². The van der Waals surface area contributed by atoms with Crippen molar-refractivity contribution in [2.24, 2.45) is 5.10 Å². The molecule has 0 radical (unpaired) electrons. The number of rotatable bonds is 9. The van der Waals surface area contributed by atoms with Crippen LogP contribution < -0.4 is 20.3 Å². The third-order valence-electron chi connectivity index (χ3n) is 5.30. The van der Waals surface area contributed by atoms with Crippen molar-refractivity contribution in [3.63, 3.8) is 0 Å². The van der Waals surface area contributed by atoms with E-state index in [4.69, 9.17) is 9.47 Å². The van der Waals surface area contributed by atoms with Crippen LogP contribution in [-0.4, -0.2) is 35.0 Å². The van der Waals surface area contributed by atoms with Gasteiger partial charge in [-0.1, -0.05) is 28.9 Å². The van der Waals surface area contributed by atoms with Gasteiger partial charge in [0.05, 0.1) is 28.2 Å². The van der Waals surface area contributed by atoms with Gasteiger partial charge in [0, 0.05) is 16.6 Å². The first-order valence-electron chi connectivity index (χ1n) is 11.7. The number of anilines is 1. The summed E-state index contributed by atoms with van der Waals surface area (Å²) >= 11 is 6.87. The Morgan fingerprint density at radius 3 is 2.68 bits per heavy atom. The smallest absolute Gasteiger partial charge is 0.282 e. The van der Waals surface area contributed by atoms with Crippen LogP contribution in [0.15, 0.2) is 73.4 Å². The van der Waals surface area contributed by atoms with E-state index in [0.29, 0.717) is 57.0 Å². The van der Waals surface area contributed by atoms with Crippen molar-refractivity contribution in [3.8, 4) is 11.5 Å². The number of aryl methyl sites for hydroxylation is 1. The van der Waals surface area contributed by atoms with Gasteiger partial charge in [0.15, 0.2) is 18.1 Å². The summed E-state index contributed by atoms with van der Waals surface area (Å²) in [7, 11) is 0. The SMILES string of the molecule is CCOc1cc(C=Nn2c(CC)nc3ccc(Br)cc3c2=O)cc(Br)c1OCC(=O)Nc1cccc(F)c1. The first kappa shape index (κ1) is 27.5. The van der Waals surface area contributed by atoms with Crippen LogP contribution in [0.25, 0.3) is 10.9 Å². The number of aromatic nitrogens is 2. The molecular formula is C27H23Br2FN4O4. The Labute approximate surface area is 234 Å². The highest BCUT2D eigenvalue weighted by Gasteiger charge is 2.15. The number of nitrogens with zero attached hydrogens (tertiary/aromatic N) is 3. The third kappa shape index (κ3) is 6.46. The van der Waals surface area contributed by atoms with Crippen molar-refractivity contribution in [1.82, 2.24) is 9.66 Å². The number of nitrogens with one attached hydrogen (secondary N) is 1. The second-order valence-corrected chi connectivity index (χ2v) is 9.78. The van der Waals surface area contributed by atoms with E-state index in [9.17, 15) is 14.0 Å². The van der Waals surface area contributed by atoms with Gasteiger partial charge in [0.2, 0.25) is 0 Å². The number of ether oxygens (including phenoxy) is 2. The summed E-state index contributed by atoms with van der Waals surface area (Å²) in [5, 5.41) is 7.45. The summed E-state index contributed by atoms with van der Waals surface area (Å²) in [6.07, 6.45) is 2.04. The maximum absolute atomic E-state index is 13.4. The lowest BCUT2D eigenvalue weighted by Crippen LogP contribution is -2.22. The minimum atomic E-state index is -0.461. The highest BCUT2D eigenvalue weighted by Crippen LogP contribution is 2.36. The average molecular weight is 646 g/mol. The molecule has 4 aromatic rings. The predicted octanol–water partition coefficient (Wildman–Crippen LogP) is 5.92. The number of halogens is 3. The molecule has 1 heterocycles. The van der Waals surface area contributed by atoms with E-state index >= 15 is 0 Å². The van der Waals surface area contributed by atoms with Gasteiger partial charge in [-0.25, -0.2) is 9.37 Å². The monoisotopic (exact) mass is 644 g/mol. The standard InChI is InChI=1S/C27H23Br2FN4O4/c1-3-24-33-22-9-8-17(28)12-20(22)27(36)34(24)31-14-16-10-21(29)26(23(11-16)37-4-2)38-15-25(35)32-19-7-5-6-18(30)13-19/h5-14H,3-4,15H2,1-2H3,(H,32,35). The Kier molecular flexibility index (Phi) is 8.90. The van der Waals surface area contributed by atoms with Gasteiger partial charge in [0.1, 0.15) is 11.6 Å². The van der Waals surface area contributed by atoms with Crippen LogP contribution in [-0.2, 0) is 11.2 Å². The molecule has 0 bridgehead atoms. The van der Waals surface area contributed by atoms with Gasteiger partial charge in [-0.3, -0.25) is 9.59 Å². The fourth-order valence-electron chi connectivity index (χ4n) is 3.63. The molecule has 1 aromatic heterocycles. The summed E-state index contributed by atoms with van der Waals surface area (Å²) in [5.74, 6) is 0.308. The van der Waals surface area contributed by atoms with Gasteiger partial charge in [-0.2, -0.15) is 9.78 Å². The molecule has 8 nitrogen and oxygen atoms in total. The summed E-state index contributed by atoms with van der Waals surface area (Å²) in [6.45, 7) is 3.75. The van der Waals surface area contributed by atoms with Gasteiger partial charge >= 0.3 is 0 Å². The molecule has 38 heavy (non-hydrogen) atoms. The van der Waals surface area contributed by atoms with Crippen LogP contribution >= 0.6 is 31.9 Å². The van der Waals surface area contributed by atoms with Crippen LogP contribution in [0.5, 0.6) is 11.5 Å². The average Bonchev–Trinajstić information content (AvgIpc) is 2.88. The Bertz CT molecular complexity index is 1590. The number of hydrogen-bond donors (Lipinski definition) is 1. The summed E-state index contributed by atoms with van der Waals surface area (Å²) in [4.78, 5) is 30.1. The highest BCUT2D eigenvalue weighted by molar-refractivity contribution is 9.10. The van der Waals surface area contributed by atoms with Gasteiger partial charge in [-0.15, -0.1) is 0 Å². The summed E-state index contributed by atoms with van der Waals surface area (Å²) < 4.78 is 27.4. The van der Waals surface area contributed by atoms with Crippen molar-refractivity contribution in [3.05, 3.63) is 91.1 Å². The van der Waals surface area contributed by atoms with Crippen LogP contribution in [0.1, 0.15) is 25.2 Å². The normalized spacial score (nSPS) is 11.2.